The van der Waals surface area contributed by atoms with Gasteiger partial charge in [0.2, 0.25) is 0 Å². The maximum Gasteiger partial charge on any atom is 0.159 e. The van der Waals surface area contributed by atoms with E-state index in [9.17, 15) is 9.18 Å². The van der Waals surface area contributed by atoms with Crippen LogP contribution in [0.3, 0.4) is 0 Å². The van der Waals surface area contributed by atoms with Gasteiger partial charge in [-0.25, -0.2) is 9.38 Å². The van der Waals surface area contributed by atoms with Crippen LogP contribution in [0.25, 0.3) is 0 Å². The number of carbonyl (C=O) groups excluding carboxylic acids is 1. The number of benzene rings is 1. The molecule has 1 unspecified atom stereocenters. The van der Waals surface area contributed by atoms with E-state index in [1.54, 1.807) is 13.2 Å². The van der Waals surface area contributed by atoms with E-state index in [0.29, 0.717) is 17.7 Å². The van der Waals surface area contributed by atoms with Gasteiger partial charge in [-0.15, -0.1) is 0 Å². The highest BCUT2D eigenvalue weighted by Crippen LogP contribution is 2.47. The molecule has 0 saturated carbocycles. The summed E-state index contributed by atoms with van der Waals surface area (Å²) in [4.78, 5) is 16.5. The Bertz CT molecular complexity index is 845. The van der Waals surface area contributed by atoms with Crippen LogP contribution in [0.15, 0.2) is 46.4 Å². The van der Waals surface area contributed by atoms with Gasteiger partial charge < -0.3 is 4.74 Å². The second kappa shape index (κ2) is 5.13. The van der Waals surface area contributed by atoms with Crippen LogP contribution in [-0.4, -0.2) is 17.7 Å². The monoisotopic (exact) mass is 325 g/mol. The van der Waals surface area contributed by atoms with Gasteiger partial charge in [0.15, 0.2) is 12.0 Å². The van der Waals surface area contributed by atoms with E-state index in [-0.39, 0.29) is 11.2 Å². The SMILES string of the molecule is CC(=O)c1ccc2c(c1)C(C)(C)C1=COC3=C(CCCC3F)C1=N2. The first-order chi connectivity index (χ1) is 11.4. The van der Waals surface area contributed by atoms with Gasteiger partial charge in [0, 0.05) is 22.1 Å². The van der Waals surface area contributed by atoms with Crippen molar-refractivity contribution in [2.45, 2.75) is 51.6 Å². The first kappa shape index (κ1) is 15.3. The van der Waals surface area contributed by atoms with Gasteiger partial charge >= 0.3 is 0 Å². The molecule has 1 aromatic carbocycles. The van der Waals surface area contributed by atoms with Crippen molar-refractivity contribution in [2.24, 2.45) is 4.99 Å². The van der Waals surface area contributed by atoms with Crippen LogP contribution in [0.4, 0.5) is 10.1 Å². The minimum atomic E-state index is -1.04. The lowest BCUT2D eigenvalue weighted by Crippen LogP contribution is -2.34. The van der Waals surface area contributed by atoms with E-state index in [1.807, 2.05) is 18.2 Å². The van der Waals surface area contributed by atoms with Crippen molar-refractivity contribution in [2.75, 3.05) is 0 Å². The number of hydrogen-bond donors (Lipinski definition) is 0. The number of halogens is 1. The Hall–Kier alpha value is -2.23. The number of fused-ring (bicyclic) bond motifs is 3. The molecular formula is C20H20FNO2. The number of rotatable bonds is 1. The van der Waals surface area contributed by atoms with Gasteiger partial charge in [-0.2, -0.15) is 0 Å². The first-order valence-electron chi connectivity index (χ1n) is 8.39. The molecule has 0 amide bonds. The zero-order valence-electron chi connectivity index (χ0n) is 14.1. The highest BCUT2D eigenvalue weighted by Gasteiger charge is 2.41. The Morgan fingerprint density at radius 3 is 2.92 bits per heavy atom. The fraction of sp³-hybridized carbons (Fsp3) is 0.400. The molecule has 4 heteroatoms. The zero-order valence-corrected chi connectivity index (χ0v) is 14.1. The maximum absolute atomic E-state index is 14.2. The van der Waals surface area contributed by atoms with E-state index in [2.05, 4.69) is 13.8 Å². The number of Topliss-reactive ketones (excluding diaryl/α,β-unsaturated/α-hetero) is 1. The molecule has 0 fully saturated rings. The highest BCUT2D eigenvalue weighted by atomic mass is 19.1. The molecule has 1 aliphatic carbocycles. The summed E-state index contributed by atoms with van der Waals surface area (Å²) in [6, 6.07) is 5.62. The molecule has 0 aromatic heterocycles. The second-order valence-corrected chi connectivity index (χ2v) is 7.23. The minimum Gasteiger partial charge on any atom is -0.465 e. The predicted molar refractivity (Wildman–Crippen MR) is 91.5 cm³/mol. The molecule has 3 nitrogen and oxygen atoms in total. The summed E-state index contributed by atoms with van der Waals surface area (Å²) in [6.45, 7) is 5.76. The highest BCUT2D eigenvalue weighted by molar-refractivity contribution is 6.17. The van der Waals surface area contributed by atoms with Crippen molar-refractivity contribution < 1.29 is 13.9 Å². The fourth-order valence-electron chi connectivity index (χ4n) is 3.81. The largest absolute Gasteiger partial charge is 0.465 e. The summed E-state index contributed by atoms with van der Waals surface area (Å²) in [5, 5.41) is 0. The molecule has 2 heterocycles. The summed E-state index contributed by atoms with van der Waals surface area (Å²) in [5.41, 5.74) is 4.91. The Kier molecular flexibility index (Phi) is 3.27. The normalized spacial score (nSPS) is 24.1. The smallest absolute Gasteiger partial charge is 0.159 e. The molecule has 0 N–H and O–H groups in total. The first-order valence-corrected chi connectivity index (χ1v) is 8.39. The predicted octanol–water partition coefficient (Wildman–Crippen LogP) is 4.94. The van der Waals surface area contributed by atoms with Gasteiger partial charge in [0.05, 0.1) is 17.7 Å². The van der Waals surface area contributed by atoms with Crippen LogP contribution >= 0.6 is 0 Å². The Balaban J connectivity index is 1.92. The summed E-state index contributed by atoms with van der Waals surface area (Å²) >= 11 is 0. The molecule has 4 rings (SSSR count). The molecule has 3 aliphatic rings. The third-order valence-corrected chi connectivity index (χ3v) is 5.29. The lowest BCUT2D eigenvalue weighted by molar-refractivity contribution is 0.101. The van der Waals surface area contributed by atoms with Gasteiger partial charge in [0.1, 0.15) is 5.76 Å². The average molecular weight is 325 g/mol. The third kappa shape index (κ3) is 2.09. The van der Waals surface area contributed by atoms with Gasteiger partial charge in [0.25, 0.3) is 0 Å². The van der Waals surface area contributed by atoms with Crippen LogP contribution in [0.5, 0.6) is 0 Å². The van der Waals surface area contributed by atoms with Gasteiger partial charge in [-0.05, 0) is 49.9 Å². The van der Waals surface area contributed by atoms with E-state index in [0.717, 1.165) is 41.0 Å². The lowest BCUT2D eigenvalue weighted by atomic mass is 9.70. The molecule has 0 radical (unpaired) electrons. The van der Waals surface area contributed by atoms with Crippen molar-refractivity contribution in [3.05, 3.63) is 52.5 Å². The topological polar surface area (TPSA) is 38.7 Å². The van der Waals surface area contributed by atoms with Crippen molar-refractivity contribution in [3.8, 4) is 0 Å². The van der Waals surface area contributed by atoms with Crippen molar-refractivity contribution >= 4 is 17.2 Å². The summed E-state index contributed by atoms with van der Waals surface area (Å²) in [6.07, 6.45) is 2.73. The number of nitrogens with zero attached hydrogens (tertiary/aromatic N) is 1. The third-order valence-electron chi connectivity index (χ3n) is 5.29. The number of alkyl halides is 1. The number of carbonyl (C=O) groups is 1. The summed E-state index contributed by atoms with van der Waals surface area (Å²) in [5.74, 6) is 0.471. The lowest BCUT2D eigenvalue weighted by Gasteiger charge is -2.39. The molecule has 0 spiro atoms. The Morgan fingerprint density at radius 1 is 1.38 bits per heavy atom. The van der Waals surface area contributed by atoms with Crippen LogP contribution in [0, 0.1) is 0 Å². The van der Waals surface area contributed by atoms with E-state index in [1.165, 1.54) is 0 Å². The minimum absolute atomic E-state index is 0.0368. The quantitative estimate of drug-likeness (QED) is 0.686. The summed E-state index contributed by atoms with van der Waals surface area (Å²) < 4.78 is 19.9. The molecule has 1 atom stereocenters. The summed E-state index contributed by atoms with van der Waals surface area (Å²) in [7, 11) is 0. The van der Waals surface area contributed by atoms with Crippen molar-refractivity contribution in [1.82, 2.24) is 0 Å². The van der Waals surface area contributed by atoms with E-state index < -0.39 is 6.17 Å². The number of hydrogen-bond acceptors (Lipinski definition) is 3. The van der Waals surface area contributed by atoms with Crippen molar-refractivity contribution in [3.63, 3.8) is 0 Å². The standard InChI is InChI=1S/C20H20FNO2/c1-11(23)12-7-8-17-14(9-12)20(2,3)15-10-24-19-13(18(15)22-17)5-4-6-16(19)21/h7-10,16H,4-6H2,1-3H3. The molecule has 24 heavy (non-hydrogen) atoms. The fourth-order valence-corrected chi connectivity index (χ4v) is 3.81. The number of ketones is 1. The zero-order chi connectivity index (χ0) is 17.1. The van der Waals surface area contributed by atoms with E-state index >= 15 is 0 Å². The van der Waals surface area contributed by atoms with Crippen molar-refractivity contribution in [1.29, 1.82) is 0 Å². The van der Waals surface area contributed by atoms with Crippen LogP contribution in [0.2, 0.25) is 0 Å². The number of allylic oxidation sites excluding steroid dienone is 3. The Labute approximate surface area is 140 Å². The van der Waals surface area contributed by atoms with Crippen LogP contribution < -0.4 is 0 Å². The molecule has 0 saturated heterocycles. The molecule has 124 valence electrons. The average Bonchev–Trinajstić information content (AvgIpc) is 2.55. The molecular weight excluding hydrogens is 305 g/mol. The van der Waals surface area contributed by atoms with Gasteiger partial charge in [-0.3, -0.25) is 4.79 Å². The molecule has 0 bridgehead atoms. The van der Waals surface area contributed by atoms with E-state index in [4.69, 9.17) is 9.73 Å². The van der Waals surface area contributed by atoms with Gasteiger partial charge in [-0.1, -0.05) is 13.8 Å². The molecule has 1 aromatic rings. The Morgan fingerprint density at radius 2 is 2.17 bits per heavy atom. The molecule has 2 aliphatic heterocycles. The number of aliphatic imine (C=N–C) groups is 1. The number of ether oxygens (including phenoxy) is 1. The van der Waals surface area contributed by atoms with Crippen LogP contribution in [-0.2, 0) is 10.2 Å². The maximum atomic E-state index is 14.2. The second-order valence-electron chi connectivity index (χ2n) is 7.23. The van der Waals surface area contributed by atoms with Crippen LogP contribution in [0.1, 0.15) is 56.0 Å².